The standard InChI is InChI=1S/C23H35NO4/c1-14(25)27-17-9-11-22(3)16(13-17)5-6-18-19-7-8-21(24-28-15(2)26)23(19,4)12-10-20(18)22/h16-20H,5-13H2,1-4H3. The first kappa shape index (κ1) is 19.9. The van der Waals surface area contributed by atoms with Crippen molar-refractivity contribution in [3.8, 4) is 0 Å². The van der Waals surface area contributed by atoms with E-state index in [2.05, 4.69) is 19.0 Å². The molecule has 0 spiro atoms. The van der Waals surface area contributed by atoms with Crippen LogP contribution in [0.5, 0.6) is 0 Å². The van der Waals surface area contributed by atoms with E-state index >= 15 is 0 Å². The first-order valence-electron chi connectivity index (χ1n) is 11.2. The zero-order valence-electron chi connectivity index (χ0n) is 17.8. The fourth-order valence-corrected chi connectivity index (χ4v) is 7.62. The molecular formula is C23H35NO4. The van der Waals surface area contributed by atoms with Gasteiger partial charge in [0.1, 0.15) is 6.10 Å². The highest BCUT2D eigenvalue weighted by Crippen LogP contribution is 2.65. The van der Waals surface area contributed by atoms with Gasteiger partial charge in [0.15, 0.2) is 0 Å². The Bertz CT molecular complexity index is 688. The molecule has 0 aromatic heterocycles. The van der Waals surface area contributed by atoms with E-state index in [1.54, 1.807) is 0 Å². The quantitative estimate of drug-likeness (QED) is 0.383. The fourth-order valence-electron chi connectivity index (χ4n) is 7.62. The molecule has 0 heterocycles. The highest BCUT2D eigenvalue weighted by Gasteiger charge is 2.59. The minimum Gasteiger partial charge on any atom is -0.463 e. The fraction of sp³-hybridized carbons (Fsp3) is 0.870. The molecule has 7 atom stereocenters. The van der Waals surface area contributed by atoms with Gasteiger partial charge in [-0.2, -0.15) is 0 Å². The van der Waals surface area contributed by atoms with Crippen LogP contribution in [0.3, 0.4) is 0 Å². The van der Waals surface area contributed by atoms with E-state index in [0.29, 0.717) is 17.3 Å². The molecule has 4 aliphatic carbocycles. The third-order valence-corrected chi connectivity index (χ3v) is 8.98. The van der Waals surface area contributed by atoms with Gasteiger partial charge >= 0.3 is 11.9 Å². The van der Waals surface area contributed by atoms with Gasteiger partial charge in [0.25, 0.3) is 0 Å². The molecule has 0 aromatic rings. The second-order valence-electron chi connectivity index (χ2n) is 10.3. The number of ether oxygens (including phenoxy) is 1. The van der Waals surface area contributed by atoms with Gasteiger partial charge in [0.2, 0.25) is 0 Å². The van der Waals surface area contributed by atoms with Crippen LogP contribution in [0.4, 0.5) is 0 Å². The molecule has 156 valence electrons. The molecule has 0 saturated heterocycles. The molecule has 4 rings (SSSR count). The molecule has 0 aromatic carbocycles. The summed E-state index contributed by atoms with van der Waals surface area (Å²) in [6.45, 7) is 7.82. The van der Waals surface area contributed by atoms with Crippen molar-refractivity contribution in [2.75, 3.05) is 0 Å². The van der Waals surface area contributed by atoms with Crippen LogP contribution < -0.4 is 0 Å². The largest absolute Gasteiger partial charge is 0.463 e. The molecule has 28 heavy (non-hydrogen) atoms. The van der Waals surface area contributed by atoms with Gasteiger partial charge in [-0.05, 0) is 86.9 Å². The Morgan fingerprint density at radius 3 is 2.46 bits per heavy atom. The van der Waals surface area contributed by atoms with Gasteiger partial charge in [0.05, 0.1) is 5.71 Å². The Kier molecular flexibility index (Phi) is 5.08. The van der Waals surface area contributed by atoms with E-state index in [-0.39, 0.29) is 23.5 Å². The Labute approximate surface area is 168 Å². The van der Waals surface area contributed by atoms with Crippen molar-refractivity contribution in [3.05, 3.63) is 0 Å². The lowest BCUT2D eigenvalue weighted by molar-refractivity contribution is -0.158. The van der Waals surface area contributed by atoms with Gasteiger partial charge in [-0.15, -0.1) is 0 Å². The molecule has 4 aliphatic rings. The monoisotopic (exact) mass is 389 g/mol. The van der Waals surface area contributed by atoms with Crippen LogP contribution in [0.1, 0.15) is 85.5 Å². The lowest BCUT2D eigenvalue weighted by atomic mass is 9.45. The smallest absolute Gasteiger partial charge is 0.331 e. The van der Waals surface area contributed by atoms with Crippen LogP contribution in [-0.2, 0) is 19.2 Å². The van der Waals surface area contributed by atoms with E-state index in [4.69, 9.17) is 9.57 Å². The molecule has 0 aliphatic heterocycles. The molecule has 0 N–H and O–H groups in total. The molecule has 4 saturated carbocycles. The highest BCUT2D eigenvalue weighted by molar-refractivity contribution is 5.92. The summed E-state index contributed by atoms with van der Waals surface area (Å²) >= 11 is 0. The van der Waals surface area contributed by atoms with Crippen LogP contribution in [0.25, 0.3) is 0 Å². The van der Waals surface area contributed by atoms with Crippen molar-refractivity contribution < 1.29 is 19.2 Å². The maximum atomic E-state index is 11.4. The Morgan fingerprint density at radius 1 is 0.964 bits per heavy atom. The van der Waals surface area contributed by atoms with Crippen LogP contribution in [0.15, 0.2) is 5.16 Å². The Balaban J connectivity index is 1.52. The van der Waals surface area contributed by atoms with Crippen molar-refractivity contribution >= 4 is 17.7 Å². The lowest BCUT2D eigenvalue weighted by Gasteiger charge is -2.60. The van der Waals surface area contributed by atoms with Crippen LogP contribution in [-0.4, -0.2) is 23.8 Å². The number of carbonyl (C=O) groups is 2. The highest BCUT2D eigenvalue weighted by atomic mass is 16.7. The predicted molar refractivity (Wildman–Crippen MR) is 106 cm³/mol. The topological polar surface area (TPSA) is 65.0 Å². The summed E-state index contributed by atoms with van der Waals surface area (Å²) in [7, 11) is 0. The van der Waals surface area contributed by atoms with E-state index in [1.807, 2.05) is 0 Å². The lowest BCUT2D eigenvalue weighted by Crippen LogP contribution is -2.54. The number of carbonyl (C=O) groups excluding carboxylic acids is 2. The maximum absolute atomic E-state index is 11.4. The summed E-state index contributed by atoms with van der Waals surface area (Å²) in [5, 5.41) is 4.27. The number of esters is 1. The van der Waals surface area contributed by atoms with Crippen molar-refractivity contribution in [3.63, 3.8) is 0 Å². The summed E-state index contributed by atoms with van der Waals surface area (Å²) < 4.78 is 5.57. The van der Waals surface area contributed by atoms with Crippen LogP contribution in [0.2, 0.25) is 0 Å². The minimum absolute atomic E-state index is 0.0920. The minimum atomic E-state index is -0.328. The summed E-state index contributed by atoms with van der Waals surface area (Å²) in [5.41, 5.74) is 1.57. The molecule has 4 fully saturated rings. The average molecular weight is 390 g/mol. The zero-order chi connectivity index (χ0) is 20.1. The number of fused-ring (bicyclic) bond motifs is 5. The molecule has 0 radical (unpaired) electrons. The third kappa shape index (κ3) is 3.19. The van der Waals surface area contributed by atoms with Gasteiger partial charge in [-0.25, -0.2) is 4.79 Å². The number of oxime groups is 1. The van der Waals surface area contributed by atoms with E-state index in [1.165, 1.54) is 46.0 Å². The maximum Gasteiger partial charge on any atom is 0.331 e. The molecular weight excluding hydrogens is 354 g/mol. The van der Waals surface area contributed by atoms with E-state index in [0.717, 1.165) is 43.2 Å². The summed E-state index contributed by atoms with van der Waals surface area (Å²) in [5.74, 6) is 2.37. The molecule has 0 amide bonds. The van der Waals surface area contributed by atoms with Gasteiger partial charge in [0, 0.05) is 19.3 Å². The predicted octanol–water partition coefficient (Wildman–Crippen LogP) is 4.88. The molecule has 5 heteroatoms. The van der Waals surface area contributed by atoms with Gasteiger partial charge in [-0.3, -0.25) is 4.79 Å². The molecule has 0 bridgehead atoms. The van der Waals surface area contributed by atoms with E-state index in [9.17, 15) is 9.59 Å². The Morgan fingerprint density at radius 2 is 1.75 bits per heavy atom. The third-order valence-electron chi connectivity index (χ3n) is 8.98. The molecule has 5 nitrogen and oxygen atoms in total. The Hall–Kier alpha value is -1.39. The zero-order valence-corrected chi connectivity index (χ0v) is 17.8. The number of nitrogens with zero attached hydrogens (tertiary/aromatic N) is 1. The summed E-state index contributed by atoms with van der Waals surface area (Å²) in [4.78, 5) is 27.7. The summed E-state index contributed by atoms with van der Waals surface area (Å²) in [6.07, 6.45) is 10.4. The van der Waals surface area contributed by atoms with Crippen molar-refractivity contribution in [2.45, 2.75) is 91.6 Å². The van der Waals surface area contributed by atoms with Crippen LogP contribution >= 0.6 is 0 Å². The summed E-state index contributed by atoms with van der Waals surface area (Å²) in [6, 6.07) is 0. The number of hydrogen-bond donors (Lipinski definition) is 0. The van der Waals surface area contributed by atoms with Crippen molar-refractivity contribution in [2.24, 2.45) is 39.7 Å². The van der Waals surface area contributed by atoms with Gasteiger partial charge < -0.3 is 9.57 Å². The van der Waals surface area contributed by atoms with Crippen molar-refractivity contribution in [1.29, 1.82) is 0 Å². The first-order valence-corrected chi connectivity index (χ1v) is 11.2. The average Bonchev–Trinajstić information content (AvgIpc) is 2.96. The van der Waals surface area contributed by atoms with Crippen molar-refractivity contribution in [1.82, 2.24) is 0 Å². The van der Waals surface area contributed by atoms with E-state index < -0.39 is 0 Å². The van der Waals surface area contributed by atoms with Gasteiger partial charge in [-0.1, -0.05) is 19.0 Å². The first-order chi connectivity index (χ1) is 13.2. The normalized spacial score (nSPS) is 46.3. The number of rotatable bonds is 2. The number of hydrogen-bond acceptors (Lipinski definition) is 5. The SMILES string of the molecule is CC(=O)ON=C1CCC2C3CCC4CC(OC(C)=O)CCC4(C)C3CCC12C. The molecule has 7 unspecified atom stereocenters. The van der Waals surface area contributed by atoms with Crippen LogP contribution in [0, 0.1) is 34.5 Å². The second-order valence-corrected chi connectivity index (χ2v) is 10.3. The second kappa shape index (κ2) is 7.14.